The van der Waals surface area contributed by atoms with Crippen LogP contribution in [-0.4, -0.2) is 33.0 Å². The zero-order chi connectivity index (χ0) is 11.6. The minimum Gasteiger partial charge on any atom is -0.396 e. The van der Waals surface area contributed by atoms with Gasteiger partial charge in [0.2, 0.25) is 0 Å². The number of aliphatic hydroxyl groups excluding tert-OH is 1. The molecule has 0 bridgehead atoms. The lowest BCUT2D eigenvalue weighted by atomic mass is 10.2. The highest BCUT2D eigenvalue weighted by atomic mass is 16.2. The molecular formula is C11H22N4O. The van der Waals surface area contributed by atoms with Gasteiger partial charge in [-0.15, -0.1) is 0 Å². The van der Waals surface area contributed by atoms with E-state index < -0.39 is 0 Å². The van der Waals surface area contributed by atoms with E-state index in [9.17, 15) is 0 Å². The van der Waals surface area contributed by atoms with E-state index in [1.165, 1.54) is 6.42 Å². The summed E-state index contributed by atoms with van der Waals surface area (Å²) in [5.41, 5.74) is 0. The van der Waals surface area contributed by atoms with Crippen LogP contribution in [-0.2, 0) is 13.1 Å². The summed E-state index contributed by atoms with van der Waals surface area (Å²) in [7, 11) is 0. The number of unbranched alkanes of at least 4 members (excludes halogenated alkanes) is 3. The minimum atomic E-state index is 0.313. The van der Waals surface area contributed by atoms with E-state index in [0.717, 1.165) is 44.7 Å². The fraction of sp³-hybridized carbons (Fsp3) is 0.818. The molecule has 1 heterocycles. The van der Waals surface area contributed by atoms with Gasteiger partial charge in [0.05, 0.1) is 6.54 Å². The maximum Gasteiger partial charge on any atom is 0.140 e. The summed E-state index contributed by atoms with van der Waals surface area (Å²) in [6.45, 7) is 5.03. The molecule has 92 valence electrons. The van der Waals surface area contributed by atoms with Gasteiger partial charge in [0.25, 0.3) is 0 Å². The van der Waals surface area contributed by atoms with Gasteiger partial charge in [-0.2, -0.15) is 5.10 Å². The van der Waals surface area contributed by atoms with Gasteiger partial charge >= 0.3 is 0 Å². The van der Waals surface area contributed by atoms with E-state index >= 15 is 0 Å². The van der Waals surface area contributed by atoms with Crippen LogP contribution in [0.15, 0.2) is 6.33 Å². The molecule has 0 fully saturated rings. The number of hydrogen-bond donors (Lipinski definition) is 2. The van der Waals surface area contributed by atoms with Crippen molar-refractivity contribution in [1.29, 1.82) is 0 Å². The first-order valence-corrected chi connectivity index (χ1v) is 6.06. The van der Waals surface area contributed by atoms with Gasteiger partial charge in [0, 0.05) is 13.2 Å². The molecule has 0 spiro atoms. The van der Waals surface area contributed by atoms with Crippen molar-refractivity contribution in [2.75, 3.05) is 13.2 Å². The van der Waals surface area contributed by atoms with Gasteiger partial charge in [-0.05, 0) is 26.3 Å². The van der Waals surface area contributed by atoms with Crippen molar-refractivity contribution in [3.05, 3.63) is 12.2 Å². The fourth-order valence-electron chi connectivity index (χ4n) is 1.60. The second-order valence-corrected chi connectivity index (χ2v) is 3.81. The Bertz CT molecular complexity index is 275. The molecule has 1 rings (SSSR count). The lowest BCUT2D eigenvalue weighted by Gasteiger charge is -2.05. The van der Waals surface area contributed by atoms with Crippen LogP contribution in [0.3, 0.4) is 0 Å². The summed E-state index contributed by atoms with van der Waals surface area (Å²) in [6.07, 6.45) is 5.96. The average molecular weight is 226 g/mol. The first kappa shape index (κ1) is 13.1. The Labute approximate surface area is 96.9 Å². The lowest BCUT2D eigenvalue weighted by molar-refractivity contribution is 0.282. The van der Waals surface area contributed by atoms with Crippen molar-refractivity contribution < 1.29 is 5.11 Å². The van der Waals surface area contributed by atoms with Crippen LogP contribution in [0.2, 0.25) is 0 Å². The molecule has 1 aromatic heterocycles. The van der Waals surface area contributed by atoms with Gasteiger partial charge in [-0.25, -0.2) is 9.67 Å². The lowest BCUT2D eigenvalue weighted by Crippen LogP contribution is -2.18. The molecule has 0 atom stereocenters. The minimum absolute atomic E-state index is 0.313. The van der Waals surface area contributed by atoms with E-state index in [1.54, 1.807) is 6.33 Å². The molecule has 0 aliphatic rings. The highest BCUT2D eigenvalue weighted by Crippen LogP contribution is 1.98. The molecule has 0 unspecified atom stereocenters. The number of hydrogen-bond acceptors (Lipinski definition) is 4. The summed E-state index contributed by atoms with van der Waals surface area (Å²) in [5, 5.41) is 16.1. The highest BCUT2D eigenvalue weighted by Gasteiger charge is 2.00. The van der Waals surface area contributed by atoms with Gasteiger partial charge in [0.1, 0.15) is 12.2 Å². The molecule has 16 heavy (non-hydrogen) atoms. The van der Waals surface area contributed by atoms with Crippen LogP contribution in [0.5, 0.6) is 0 Å². The molecule has 0 saturated carbocycles. The smallest absolute Gasteiger partial charge is 0.140 e. The molecule has 0 amide bonds. The molecule has 0 aliphatic carbocycles. The average Bonchev–Trinajstić information content (AvgIpc) is 2.75. The Morgan fingerprint density at radius 1 is 1.31 bits per heavy atom. The van der Waals surface area contributed by atoms with E-state index in [2.05, 4.69) is 22.3 Å². The summed E-state index contributed by atoms with van der Waals surface area (Å²) in [4.78, 5) is 4.19. The Morgan fingerprint density at radius 2 is 2.12 bits per heavy atom. The van der Waals surface area contributed by atoms with Crippen LogP contribution in [0, 0.1) is 0 Å². The maximum absolute atomic E-state index is 8.62. The Hall–Kier alpha value is -0.940. The molecule has 0 aromatic carbocycles. The van der Waals surface area contributed by atoms with Crippen molar-refractivity contribution >= 4 is 0 Å². The fourth-order valence-corrected chi connectivity index (χ4v) is 1.60. The number of nitrogens with one attached hydrogen (secondary N) is 1. The number of nitrogens with zero attached hydrogens (tertiary/aromatic N) is 3. The summed E-state index contributed by atoms with van der Waals surface area (Å²) >= 11 is 0. The Balaban J connectivity index is 2.03. The van der Waals surface area contributed by atoms with E-state index in [0.29, 0.717) is 6.61 Å². The number of aryl methyl sites for hydroxylation is 1. The second kappa shape index (κ2) is 8.24. The quantitative estimate of drug-likeness (QED) is 0.615. The molecule has 0 saturated heterocycles. The molecule has 5 nitrogen and oxygen atoms in total. The predicted octanol–water partition coefficient (Wildman–Crippen LogP) is 0.940. The van der Waals surface area contributed by atoms with E-state index in [4.69, 9.17) is 5.11 Å². The van der Waals surface area contributed by atoms with Gasteiger partial charge in [-0.1, -0.05) is 12.8 Å². The zero-order valence-corrected chi connectivity index (χ0v) is 10.0. The first-order valence-electron chi connectivity index (χ1n) is 6.06. The second-order valence-electron chi connectivity index (χ2n) is 3.81. The van der Waals surface area contributed by atoms with Gasteiger partial charge in [-0.3, -0.25) is 0 Å². The normalized spacial score (nSPS) is 10.9. The van der Waals surface area contributed by atoms with Crippen LogP contribution in [0.25, 0.3) is 0 Å². The number of aliphatic hydroxyl groups is 1. The van der Waals surface area contributed by atoms with Crippen molar-refractivity contribution in [2.24, 2.45) is 0 Å². The molecule has 1 aromatic rings. The van der Waals surface area contributed by atoms with Crippen molar-refractivity contribution in [3.8, 4) is 0 Å². The number of rotatable bonds is 9. The standard InChI is InChI=1S/C11H22N4O/c1-2-15-11(13-10-14-15)9-12-7-5-3-4-6-8-16/h10,12,16H,2-9H2,1H3. The van der Waals surface area contributed by atoms with Crippen molar-refractivity contribution in [3.63, 3.8) is 0 Å². The Kier molecular flexibility index (Phi) is 6.76. The molecule has 2 N–H and O–H groups in total. The van der Waals surface area contributed by atoms with Crippen LogP contribution in [0.4, 0.5) is 0 Å². The third-order valence-corrected chi connectivity index (χ3v) is 2.54. The van der Waals surface area contributed by atoms with Crippen molar-refractivity contribution in [2.45, 2.75) is 45.7 Å². The highest BCUT2D eigenvalue weighted by molar-refractivity contribution is 4.83. The van der Waals surface area contributed by atoms with Crippen LogP contribution >= 0.6 is 0 Å². The SMILES string of the molecule is CCn1ncnc1CNCCCCCCO. The van der Waals surface area contributed by atoms with Crippen molar-refractivity contribution in [1.82, 2.24) is 20.1 Å². The topological polar surface area (TPSA) is 63.0 Å². The molecule has 0 aliphatic heterocycles. The monoisotopic (exact) mass is 226 g/mol. The van der Waals surface area contributed by atoms with E-state index in [-0.39, 0.29) is 0 Å². The largest absolute Gasteiger partial charge is 0.396 e. The maximum atomic E-state index is 8.62. The summed E-state index contributed by atoms with van der Waals surface area (Å²) in [5.74, 6) is 0.998. The summed E-state index contributed by atoms with van der Waals surface area (Å²) < 4.78 is 1.90. The molecule has 0 radical (unpaired) electrons. The predicted molar refractivity (Wildman–Crippen MR) is 63.0 cm³/mol. The van der Waals surface area contributed by atoms with E-state index in [1.807, 2.05) is 4.68 Å². The van der Waals surface area contributed by atoms with Gasteiger partial charge < -0.3 is 10.4 Å². The zero-order valence-electron chi connectivity index (χ0n) is 10.0. The number of aromatic nitrogens is 3. The first-order chi connectivity index (χ1) is 7.88. The van der Waals surface area contributed by atoms with Crippen LogP contribution in [0.1, 0.15) is 38.4 Å². The third-order valence-electron chi connectivity index (χ3n) is 2.54. The third kappa shape index (κ3) is 4.72. The Morgan fingerprint density at radius 3 is 2.88 bits per heavy atom. The summed E-state index contributed by atoms with van der Waals surface area (Å²) in [6, 6.07) is 0. The van der Waals surface area contributed by atoms with Gasteiger partial charge in [0.15, 0.2) is 0 Å². The molecular weight excluding hydrogens is 204 g/mol. The molecule has 5 heteroatoms. The van der Waals surface area contributed by atoms with Crippen LogP contribution < -0.4 is 5.32 Å².